The molecule has 3 aromatic rings. The lowest BCUT2D eigenvalue weighted by Gasteiger charge is -1.94. The third kappa shape index (κ3) is 1.93. The predicted octanol–water partition coefficient (Wildman–Crippen LogP) is 3.63. The van der Waals surface area contributed by atoms with Crippen molar-refractivity contribution in [1.82, 2.24) is 9.66 Å². The molecule has 0 N–H and O–H groups in total. The Morgan fingerprint density at radius 1 is 1.30 bits per heavy atom. The molecule has 2 aromatic heterocycles. The van der Waals surface area contributed by atoms with E-state index in [2.05, 4.69) is 23.1 Å². The van der Waals surface area contributed by atoms with Crippen LogP contribution < -0.4 is 0 Å². The number of nitrogens with zero attached hydrogens (tertiary/aromatic N) is 3. The third-order valence-electron chi connectivity index (χ3n) is 3.87. The zero-order chi connectivity index (χ0) is 13.5. The molecule has 2 heterocycles. The summed E-state index contributed by atoms with van der Waals surface area (Å²) in [6, 6.07) is 12.0. The van der Waals surface area contributed by atoms with Crippen molar-refractivity contribution in [2.24, 2.45) is 11.0 Å². The molecule has 1 fully saturated rings. The van der Waals surface area contributed by atoms with Crippen molar-refractivity contribution in [1.29, 1.82) is 0 Å². The number of aromatic nitrogens is 2. The molecule has 0 spiro atoms. The molecule has 2 atom stereocenters. The minimum atomic E-state index is 0.603. The molecular weight excluding hydrogens is 250 g/mol. The number of rotatable bonds is 3. The first-order chi connectivity index (χ1) is 9.81. The van der Waals surface area contributed by atoms with Crippen LogP contribution in [0, 0.1) is 5.92 Å². The highest BCUT2D eigenvalue weighted by Gasteiger charge is 2.36. The van der Waals surface area contributed by atoms with E-state index in [-0.39, 0.29) is 0 Å². The molecule has 0 unspecified atom stereocenters. The zero-order valence-electron chi connectivity index (χ0n) is 11.2. The van der Waals surface area contributed by atoms with Gasteiger partial charge in [0.05, 0.1) is 17.2 Å². The van der Waals surface area contributed by atoms with Gasteiger partial charge in [0.25, 0.3) is 0 Å². The van der Waals surface area contributed by atoms with E-state index in [0.717, 1.165) is 28.5 Å². The molecule has 1 aromatic carbocycles. The Kier molecular flexibility index (Phi) is 2.49. The summed E-state index contributed by atoms with van der Waals surface area (Å²) in [5, 5.41) is 4.41. The van der Waals surface area contributed by atoms with Crippen molar-refractivity contribution in [3.63, 3.8) is 0 Å². The third-order valence-corrected chi connectivity index (χ3v) is 3.87. The van der Waals surface area contributed by atoms with E-state index in [9.17, 15) is 0 Å². The lowest BCUT2D eigenvalue weighted by Crippen LogP contribution is -1.87. The number of hydrogen-bond donors (Lipinski definition) is 0. The molecule has 100 valence electrons. The second kappa shape index (κ2) is 4.34. The maximum atomic E-state index is 5.81. The Labute approximate surface area is 116 Å². The van der Waals surface area contributed by atoms with Crippen molar-refractivity contribution in [2.75, 3.05) is 0 Å². The van der Waals surface area contributed by atoms with E-state index in [1.807, 2.05) is 30.3 Å². The molecule has 0 saturated heterocycles. The number of imidazole rings is 1. The van der Waals surface area contributed by atoms with E-state index < -0.39 is 0 Å². The van der Waals surface area contributed by atoms with Gasteiger partial charge in [-0.2, -0.15) is 5.10 Å². The standard InChI is InChI=1S/C16H15N3O/c1-11-8-13(11)16-7-6-12(20-16)9-18-19-10-17-14-4-2-3-5-15(14)19/h2-7,9-11,13H,8H2,1H3/b18-9-/t11-,13-/m0/s1. The van der Waals surface area contributed by atoms with Gasteiger partial charge in [-0.05, 0) is 36.6 Å². The van der Waals surface area contributed by atoms with Crippen molar-refractivity contribution in [3.8, 4) is 0 Å². The maximum Gasteiger partial charge on any atom is 0.147 e. The van der Waals surface area contributed by atoms with Gasteiger partial charge < -0.3 is 4.42 Å². The summed E-state index contributed by atoms with van der Waals surface area (Å²) in [6.07, 6.45) is 4.69. The SMILES string of the molecule is C[C@H]1C[C@@H]1c1ccc(/C=N\n2cnc3ccccc32)o1. The lowest BCUT2D eigenvalue weighted by molar-refractivity contribution is 0.500. The van der Waals surface area contributed by atoms with Crippen LogP contribution in [-0.2, 0) is 0 Å². The van der Waals surface area contributed by atoms with Gasteiger partial charge in [0, 0.05) is 5.92 Å². The van der Waals surface area contributed by atoms with Crippen molar-refractivity contribution in [3.05, 3.63) is 54.2 Å². The Morgan fingerprint density at radius 3 is 3.00 bits per heavy atom. The average molecular weight is 265 g/mol. The van der Waals surface area contributed by atoms with Gasteiger partial charge in [-0.15, -0.1) is 0 Å². The first kappa shape index (κ1) is 11.5. The van der Waals surface area contributed by atoms with Crippen molar-refractivity contribution in [2.45, 2.75) is 19.3 Å². The van der Waals surface area contributed by atoms with Crippen molar-refractivity contribution >= 4 is 17.2 Å². The van der Waals surface area contributed by atoms with Gasteiger partial charge in [-0.1, -0.05) is 19.1 Å². The Balaban J connectivity index is 1.60. The summed E-state index contributed by atoms with van der Waals surface area (Å²) < 4.78 is 7.57. The molecule has 1 saturated carbocycles. The van der Waals surface area contributed by atoms with Crippen LogP contribution in [0.5, 0.6) is 0 Å². The molecule has 0 amide bonds. The van der Waals surface area contributed by atoms with Gasteiger partial charge in [0.1, 0.15) is 17.8 Å². The summed E-state index contributed by atoms with van der Waals surface area (Å²) in [5.74, 6) is 3.22. The fourth-order valence-corrected chi connectivity index (χ4v) is 2.51. The van der Waals surface area contributed by atoms with Crippen LogP contribution in [0.4, 0.5) is 0 Å². The fraction of sp³-hybridized carbons (Fsp3) is 0.250. The van der Waals surface area contributed by atoms with Crippen molar-refractivity contribution < 1.29 is 4.42 Å². The van der Waals surface area contributed by atoms with Crippen LogP contribution in [-0.4, -0.2) is 15.9 Å². The Bertz CT molecular complexity index is 784. The van der Waals surface area contributed by atoms with Gasteiger partial charge in [0.2, 0.25) is 0 Å². The van der Waals surface area contributed by atoms with E-state index in [0.29, 0.717) is 5.92 Å². The summed E-state index contributed by atoms with van der Waals surface area (Å²) in [6.45, 7) is 2.25. The molecule has 4 nitrogen and oxygen atoms in total. The van der Waals surface area contributed by atoms with Crippen LogP contribution in [0.3, 0.4) is 0 Å². The molecule has 0 radical (unpaired) electrons. The minimum Gasteiger partial charge on any atom is -0.460 e. The number of benzene rings is 1. The quantitative estimate of drug-likeness (QED) is 0.679. The second-order valence-corrected chi connectivity index (χ2v) is 5.38. The molecule has 1 aliphatic carbocycles. The zero-order valence-corrected chi connectivity index (χ0v) is 11.2. The van der Waals surface area contributed by atoms with Crippen LogP contribution >= 0.6 is 0 Å². The number of fused-ring (bicyclic) bond motifs is 1. The first-order valence-corrected chi connectivity index (χ1v) is 6.87. The molecule has 4 rings (SSSR count). The predicted molar refractivity (Wildman–Crippen MR) is 78.0 cm³/mol. The molecule has 0 aliphatic heterocycles. The van der Waals surface area contributed by atoms with E-state index in [4.69, 9.17) is 4.42 Å². The summed E-state index contributed by atoms with van der Waals surface area (Å²) in [5.41, 5.74) is 1.93. The fourth-order valence-electron chi connectivity index (χ4n) is 2.51. The van der Waals surface area contributed by atoms with Gasteiger partial charge >= 0.3 is 0 Å². The Hall–Kier alpha value is -2.36. The lowest BCUT2D eigenvalue weighted by atomic mass is 10.3. The van der Waals surface area contributed by atoms with Crippen LogP contribution in [0.15, 0.2) is 52.2 Å². The molecule has 0 bridgehead atoms. The highest BCUT2D eigenvalue weighted by Crippen LogP contribution is 2.47. The van der Waals surface area contributed by atoms with Crippen LogP contribution in [0.1, 0.15) is 30.8 Å². The van der Waals surface area contributed by atoms with Gasteiger partial charge in [-0.3, -0.25) is 0 Å². The monoisotopic (exact) mass is 265 g/mol. The molecule has 20 heavy (non-hydrogen) atoms. The smallest absolute Gasteiger partial charge is 0.147 e. The topological polar surface area (TPSA) is 43.3 Å². The number of para-hydroxylation sites is 2. The first-order valence-electron chi connectivity index (χ1n) is 6.87. The molecular formula is C16H15N3O. The van der Waals surface area contributed by atoms with Crippen LogP contribution in [0.2, 0.25) is 0 Å². The molecule has 4 heteroatoms. The van der Waals surface area contributed by atoms with Gasteiger partial charge in [-0.25, -0.2) is 9.66 Å². The highest BCUT2D eigenvalue weighted by molar-refractivity contribution is 5.78. The molecule has 1 aliphatic rings. The maximum absolute atomic E-state index is 5.81. The average Bonchev–Trinajstić information content (AvgIpc) is 2.92. The highest BCUT2D eigenvalue weighted by atomic mass is 16.3. The minimum absolute atomic E-state index is 0.603. The van der Waals surface area contributed by atoms with E-state index in [1.165, 1.54) is 6.42 Å². The largest absolute Gasteiger partial charge is 0.460 e. The second-order valence-electron chi connectivity index (χ2n) is 5.38. The number of hydrogen-bond acceptors (Lipinski definition) is 3. The van der Waals surface area contributed by atoms with E-state index >= 15 is 0 Å². The normalized spacial score (nSPS) is 21.9. The number of furan rings is 1. The summed E-state index contributed by atoms with van der Waals surface area (Å²) in [4.78, 5) is 4.30. The summed E-state index contributed by atoms with van der Waals surface area (Å²) in [7, 11) is 0. The van der Waals surface area contributed by atoms with Gasteiger partial charge in [0.15, 0.2) is 0 Å². The Morgan fingerprint density at radius 2 is 2.15 bits per heavy atom. The summed E-state index contributed by atoms with van der Waals surface area (Å²) >= 11 is 0. The van der Waals surface area contributed by atoms with Crippen LogP contribution in [0.25, 0.3) is 11.0 Å². The van der Waals surface area contributed by atoms with E-state index in [1.54, 1.807) is 17.2 Å².